The fourth-order valence-corrected chi connectivity index (χ4v) is 3.13. The Hall–Kier alpha value is -3.09. The summed E-state index contributed by atoms with van der Waals surface area (Å²) in [5, 5.41) is 12.8. The number of nitrogens with zero attached hydrogens (tertiary/aromatic N) is 2. The van der Waals surface area contributed by atoms with E-state index in [0.717, 1.165) is 12.0 Å². The van der Waals surface area contributed by atoms with Crippen molar-refractivity contribution in [3.63, 3.8) is 0 Å². The number of piperidine rings is 1. The number of benzene rings is 1. The van der Waals surface area contributed by atoms with Gasteiger partial charge >= 0.3 is 0 Å². The molecule has 1 aromatic heterocycles. The number of phenols is 1. The molecule has 2 aromatic rings. The van der Waals surface area contributed by atoms with Gasteiger partial charge in [-0.3, -0.25) is 9.59 Å². The first-order chi connectivity index (χ1) is 13.0. The minimum absolute atomic E-state index is 0.101. The number of ether oxygens (including phenoxy) is 1. The van der Waals surface area contributed by atoms with E-state index < -0.39 is 0 Å². The van der Waals surface area contributed by atoms with Crippen molar-refractivity contribution in [2.75, 3.05) is 25.5 Å². The van der Waals surface area contributed by atoms with Gasteiger partial charge in [0.1, 0.15) is 17.3 Å². The van der Waals surface area contributed by atoms with E-state index in [0.29, 0.717) is 31.1 Å². The van der Waals surface area contributed by atoms with Gasteiger partial charge in [-0.1, -0.05) is 6.07 Å². The number of carbonyl (C=O) groups excluding carboxylic acids is 2. The van der Waals surface area contributed by atoms with Gasteiger partial charge in [0.15, 0.2) is 0 Å². The van der Waals surface area contributed by atoms with Crippen LogP contribution in [0.2, 0.25) is 0 Å². The zero-order chi connectivity index (χ0) is 19.4. The number of rotatable bonds is 4. The molecule has 0 saturated carbocycles. The number of methoxy groups -OCH3 is 1. The lowest BCUT2D eigenvalue weighted by atomic mass is 9.96. The average Bonchev–Trinajstić information content (AvgIpc) is 2.69. The Labute approximate surface area is 158 Å². The van der Waals surface area contributed by atoms with Crippen molar-refractivity contribution >= 4 is 17.6 Å². The number of carbonyl (C=O) groups is 2. The lowest BCUT2D eigenvalue weighted by molar-refractivity contribution is -0.121. The van der Waals surface area contributed by atoms with Crippen molar-refractivity contribution in [2.45, 2.75) is 19.8 Å². The van der Waals surface area contributed by atoms with E-state index in [9.17, 15) is 14.7 Å². The summed E-state index contributed by atoms with van der Waals surface area (Å²) in [6.45, 7) is 2.77. The molecule has 1 aliphatic heterocycles. The summed E-state index contributed by atoms with van der Waals surface area (Å²) >= 11 is 0. The number of nitrogens with one attached hydrogen (secondary N) is 1. The number of pyridine rings is 1. The fourth-order valence-electron chi connectivity index (χ4n) is 3.13. The summed E-state index contributed by atoms with van der Waals surface area (Å²) in [7, 11) is 1.50. The molecular weight excluding hydrogens is 346 g/mol. The smallest absolute Gasteiger partial charge is 0.257 e. The Bertz CT molecular complexity index is 836. The van der Waals surface area contributed by atoms with Gasteiger partial charge in [0.25, 0.3) is 5.91 Å². The van der Waals surface area contributed by atoms with Crippen LogP contribution in [-0.4, -0.2) is 47.0 Å². The van der Waals surface area contributed by atoms with Gasteiger partial charge in [-0.2, -0.15) is 0 Å². The molecule has 0 unspecified atom stereocenters. The van der Waals surface area contributed by atoms with Crippen molar-refractivity contribution in [1.82, 2.24) is 9.88 Å². The normalized spacial score (nSPS) is 16.7. The van der Waals surface area contributed by atoms with Crippen LogP contribution in [0.3, 0.4) is 0 Å². The van der Waals surface area contributed by atoms with Gasteiger partial charge < -0.3 is 20.1 Å². The Morgan fingerprint density at radius 1 is 1.30 bits per heavy atom. The van der Waals surface area contributed by atoms with Gasteiger partial charge in [0.05, 0.1) is 18.6 Å². The Kier molecular flexibility index (Phi) is 5.59. The molecule has 2 heterocycles. The molecule has 1 aromatic carbocycles. The van der Waals surface area contributed by atoms with Crippen LogP contribution >= 0.6 is 0 Å². The molecule has 1 saturated heterocycles. The van der Waals surface area contributed by atoms with Gasteiger partial charge in [-0.15, -0.1) is 0 Å². The number of aromatic hydroxyl groups is 1. The second-order valence-corrected chi connectivity index (χ2v) is 6.68. The molecule has 27 heavy (non-hydrogen) atoms. The highest BCUT2D eigenvalue weighted by Crippen LogP contribution is 2.27. The number of anilines is 1. The number of phenolic OH excluding ortho intramolecular Hbond substituents is 1. The zero-order valence-electron chi connectivity index (χ0n) is 15.4. The molecule has 1 aliphatic rings. The lowest BCUT2D eigenvalue weighted by Gasteiger charge is -2.32. The minimum atomic E-state index is -0.321. The van der Waals surface area contributed by atoms with Crippen molar-refractivity contribution in [2.24, 2.45) is 5.92 Å². The van der Waals surface area contributed by atoms with Crippen LogP contribution in [0.5, 0.6) is 11.5 Å². The Morgan fingerprint density at radius 2 is 2.11 bits per heavy atom. The van der Waals surface area contributed by atoms with Crippen molar-refractivity contribution in [1.29, 1.82) is 0 Å². The van der Waals surface area contributed by atoms with Crippen molar-refractivity contribution < 1.29 is 19.4 Å². The SMILES string of the molecule is COc1ccc(O)c(C(=O)N2CCC[C@@H](C(=O)Nc3ccc(C)cn3)C2)c1. The third kappa shape index (κ3) is 4.36. The maximum absolute atomic E-state index is 12.8. The van der Waals surface area contributed by atoms with Crippen LogP contribution in [-0.2, 0) is 4.79 Å². The van der Waals surface area contributed by atoms with E-state index >= 15 is 0 Å². The molecule has 1 atom stereocenters. The van der Waals surface area contributed by atoms with E-state index in [1.54, 1.807) is 23.2 Å². The Morgan fingerprint density at radius 3 is 2.81 bits per heavy atom. The van der Waals surface area contributed by atoms with Crippen LogP contribution in [0, 0.1) is 12.8 Å². The monoisotopic (exact) mass is 369 g/mol. The molecule has 0 radical (unpaired) electrons. The molecule has 3 rings (SSSR count). The molecule has 2 amide bonds. The molecule has 2 N–H and O–H groups in total. The number of amides is 2. The number of aryl methyl sites for hydroxylation is 1. The molecule has 7 nitrogen and oxygen atoms in total. The standard InChI is InChI=1S/C20H23N3O4/c1-13-5-8-18(21-11-13)22-19(25)14-4-3-9-23(12-14)20(26)16-10-15(27-2)6-7-17(16)24/h5-8,10-11,14,24H,3-4,9,12H2,1-2H3,(H,21,22,25)/t14-/m1/s1. The molecule has 1 fully saturated rings. The molecular formula is C20H23N3O4. The number of aromatic nitrogens is 1. The highest BCUT2D eigenvalue weighted by Gasteiger charge is 2.30. The van der Waals surface area contributed by atoms with E-state index in [2.05, 4.69) is 10.3 Å². The summed E-state index contributed by atoms with van der Waals surface area (Å²) in [4.78, 5) is 31.2. The molecule has 0 bridgehead atoms. The van der Waals surface area contributed by atoms with Crippen LogP contribution in [0.4, 0.5) is 5.82 Å². The van der Waals surface area contributed by atoms with Gasteiger partial charge in [-0.25, -0.2) is 4.98 Å². The average molecular weight is 369 g/mol. The van der Waals surface area contributed by atoms with Gasteiger partial charge in [-0.05, 0) is 49.6 Å². The summed E-state index contributed by atoms with van der Waals surface area (Å²) in [5.41, 5.74) is 1.19. The van der Waals surface area contributed by atoms with Crippen molar-refractivity contribution in [3.05, 3.63) is 47.7 Å². The maximum atomic E-state index is 12.8. The van der Waals surface area contributed by atoms with E-state index in [1.165, 1.54) is 19.2 Å². The number of likely N-dealkylation sites (tertiary alicyclic amines) is 1. The van der Waals surface area contributed by atoms with E-state index in [4.69, 9.17) is 4.74 Å². The van der Waals surface area contributed by atoms with Crippen LogP contribution in [0.1, 0.15) is 28.8 Å². The predicted molar refractivity (Wildman–Crippen MR) is 101 cm³/mol. The largest absolute Gasteiger partial charge is 0.507 e. The first-order valence-corrected chi connectivity index (χ1v) is 8.87. The summed E-state index contributed by atoms with van der Waals surface area (Å²) in [6, 6.07) is 8.17. The predicted octanol–water partition coefficient (Wildman–Crippen LogP) is 2.60. The highest BCUT2D eigenvalue weighted by molar-refractivity contribution is 5.98. The number of hydrogen-bond acceptors (Lipinski definition) is 5. The van der Waals surface area contributed by atoms with Gasteiger partial charge in [0.2, 0.25) is 5.91 Å². The second-order valence-electron chi connectivity index (χ2n) is 6.68. The first-order valence-electron chi connectivity index (χ1n) is 8.87. The topological polar surface area (TPSA) is 91.8 Å². The Balaban J connectivity index is 1.69. The fraction of sp³-hybridized carbons (Fsp3) is 0.350. The highest BCUT2D eigenvalue weighted by atomic mass is 16.5. The lowest BCUT2D eigenvalue weighted by Crippen LogP contribution is -2.43. The quantitative estimate of drug-likeness (QED) is 0.864. The molecule has 142 valence electrons. The van der Waals surface area contributed by atoms with Crippen LogP contribution < -0.4 is 10.1 Å². The van der Waals surface area contributed by atoms with E-state index in [-0.39, 0.29) is 29.0 Å². The van der Waals surface area contributed by atoms with Crippen LogP contribution in [0.25, 0.3) is 0 Å². The number of hydrogen-bond donors (Lipinski definition) is 2. The summed E-state index contributed by atoms with van der Waals surface area (Å²) in [5.74, 6) is 0.109. The zero-order valence-corrected chi connectivity index (χ0v) is 15.4. The molecule has 0 spiro atoms. The molecule has 7 heteroatoms. The van der Waals surface area contributed by atoms with Crippen LogP contribution in [0.15, 0.2) is 36.5 Å². The summed E-state index contributed by atoms with van der Waals surface area (Å²) < 4.78 is 5.13. The van der Waals surface area contributed by atoms with Gasteiger partial charge in [0, 0.05) is 19.3 Å². The second kappa shape index (κ2) is 8.07. The minimum Gasteiger partial charge on any atom is -0.507 e. The maximum Gasteiger partial charge on any atom is 0.257 e. The molecule has 0 aliphatic carbocycles. The summed E-state index contributed by atoms with van der Waals surface area (Å²) in [6.07, 6.45) is 3.11. The third-order valence-electron chi connectivity index (χ3n) is 4.68. The van der Waals surface area contributed by atoms with E-state index in [1.807, 2.05) is 13.0 Å². The van der Waals surface area contributed by atoms with Crippen molar-refractivity contribution in [3.8, 4) is 11.5 Å². The third-order valence-corrected chi connectivity index (χ3v) is 4.68. The first kappa shape index (κ1) is 18.7.